The molecular weight excluding hydrogens is 236 g/mol. The van der Waals surface area contributed by atoms with Gasteiger partial charge >= 0.3 is 0 Å². The Hall–Kier alpha value is -0.310. The lowest BCUT2D eigenvalue weighted by Gasteiger charge is -2.18. The van der Waals surface area contributed by atoms with E-state index in [0.717, 1.165) is 12.0 Å². The third kappa shape index (κ3) is 3.63. The summed E-state index contributed by atoms with van der Waals surface area (Å²) >= 11 is 5.68. The lowest BCUT2D eigenvalue weighted by Crippen LogP contribution is -2.18. The lowest BCUT2D eigenvalue weighted by atomic mass is 9.93. The number of benzene rings is 1. The standard InChI is InChI=1S/C11H15ClFN.ClH/c1-3-7(2)11(14)8-4-5-10(13)9(12)6-8;/h4-7,11H,3,14H2,1-2H3;1H/t7?,11-;/m1./s1. The zero-order chi connectivity index (χ0) is 10.7. The van der Waals surface area contributed by atoms with Gasteiger partial charge in [0.05, 0.1) is 5.02 Å². The summed E-state index contributed by atoms with van der Waals surface area (Å²) in [4.78, 5) is 0. The summed E-state index contributed by atoms with van der Waals surface area (Å²) in [6, 6.07) is 4.59. The van der Waals surface area contributed by atoms with Crippen molar-refractivity contribution in [1.29, 1.82) is 0 Å². The molecule has 0 bridgehead atoms. The SMILES string of the molecule is CCC(C)[C@@H](N)c1ccc(F)c(Cl)c1.Cl. The number of rotatable bonds is 3. The molecule has 86 valence electrons. The lowest BCUT2D eigenvalue weighted by molar-refractivity contribution is 0.456. The minimum Gasteiger partial charge on any atom is -0.324 e. The number of hydrogen-bond donors (Lipinski definition) is 1. The van der Waals surface area contributed by atoms with Crippen LogP contribution in [0.1, 0.15) is 31.9 Å². The molecule has 0 aromatic heterocycles. The van der Waals surface area contributed by atoms with Crippen molar-refractivity contribution in [3.8, 4) is 0 Å². The van der Waals surface area contributed by atoms with Crippen LogP contribution < -0.4 is 5.73 Å². The van der Waals surface area contributed by atoms with Crippen molar-refractivity contribution < 1.29 is 4.39 Å². The highest BCUT2D eigenvalue weighted by Crippen LogP contribution is 2.25. The molecule has 0 heterocycles. The van der Waals surface area contributed by atoms with Crippen LogP contribution in [0.5, 0.6) is 0 Å². The van der Waals surface area contributed by atoms with Gasteiger partial charge in [0.2, 0.25) is 0 Å². The first-order valence-electron chi connectivity index (χ1n) is 4.76. The minimum absolute atomic E-state index is 0. The average Bonchev–Trinajstić information content (AvgIpc) is 2.20. The quantitative estimate of drug-likeness (QED) is 0.866. The number of nitrogens with two attached hydrogens (primary N) is 1. The van der Waals surface area contributed by atoms with Crippen LogP contribution in [-0.4, -0.2) is 0 Å². The molecule has 0 aliphatic carbocycles. The van der Waals surface area contributed by atoms with Crippen molar-refractivity contribution >= 4 is 24.0 Å². The Morgan fingerprint density at radius 1 is 1.47 bits per heavy atom. The average molecular weight is 252 g/mol. The van der Waals surface area contributed by atoms with Gasteiger partial charge in [-0.3, -0.25) is 0 Å². The van der Waals surface area contributed by atoms with Crippen molar-refractivity contribution in [2.75, 3.05) is 0 Å². The monoisotopic (exact) mass is 251 g/mol. The molecule has 0 spiro atoms. The first-order valence-corrected chi connectivity index (χ1v) is 5.14. The van der Waals surface area contributed by atoms with E-state index in [1.807, 2.05) is 0 Å². The van der Waals surface area contributed by atoms with Crippen LogP contribution in [0, 0.1) is 11.7 Å². The van der Waals surface area contributed by atoms with Gasteiger partial charge in [0.15, 0.2) is 0 Å². The van der Waals surface area contributed by atoms with Gasteiger partial charge < -0.3 is 5.73 Å². The van der Waals surface area contributed by atoms with Gasteiger partial charge in [-0.25, -0.2) is 4.39 Å². The van der Waals surface area contributed by atoms with Crippen LogP contribution in [0.4, 0.5) is 4.39 Å². The second kappa shape index (κ2) is 6.31. The summed E-state index contributed by atoms with van der Waals surface area (Å²) < 4.78 is 12.9. The van der Waals surface area contributed by atoms with Crippen LogP contribution in [0.2, 0.25) is 5.02 Å². The normalized spacial score (nSPS) is 14.2. The molecule has 0 amide bonds. The van der Waals surface area contributed by atoms with Crippen LogP contribution in [0.25, 0.3) is 0 Å². The van der Waals surface area contributed by atoms with Gasteiger partial charge in [0.25, 0.3) is 0 Å². The van der Waals surface area contributed by atoms with E-state index < -0.39 is 5.82 Å². The van der Waals surface area contributed by atoms with E-state index in [1.165, 1.54) is 6.07 Å². The molecule has 0 fully saturated rings. The first-order chi connectivity index (χ1) is 6.56. The molecule has 15 heavy (non-hydrogen) atoms. The fraction of sp³-hybridized carbons (Fsp3) is 0.455. The highest BCUT2D eigenvalue weighted by molar-refractivity contribution is 6.30. The van der Waals surface area contributed by atoms with E-state index in [1.54, 1.807) is 12.1 Å². The molecule has 1 nitrogen and oxygen atoms in total. The van der Waals surface area contributed by atoms with Crippen LogP contribution in [-0.2, 0) is 0 Å². The molecule has 0 radical (unpaired) electrons. The van der Waals surface area contributed by atoms with E-state index in [9.17, 15) is 4.39 Å². The third-order valence-electron chi connectivity index (χ3n) is 2.59. The molecule has 0 saturated carbocycles. The molecule has 0 aliphatic heterocycles. The van der Waals surface area contributed by atoms with Crippen LogP contribution >= 0.6 is 24.0 Å². The van der Waals surface area contributed by atoms with Gasteiger partial charge in [0, 0.05) is 6.04 Å². The first kappa shape index (κ1) is 14.7. The van der Waals surface area contributed by atoms with Gasteiger partial charge in [-0.05, 0) is 23.6 Å². The zero-order valence-corrected chi connectivity index (χ0v) is 10.4. The zero-order valence-electron chi connectivity index (χ0n) is 8.84. The largest absolute Gasteiger partial charge is 0.324 e. The van der Waals surface area contributed by atoms with E-state index in [0.29, 0.717) is 5.92 Å². The molecule has 2 N–H and O–H groups in total. The Bertz CT molecular complexity index is 317. The van der Waals surface area contributed by atoms with Gasteiger partial charge in [0.1, 0.15) is 5.82 Å². The molecular formula is C11H16Cl2FN. The fourth-order valence-electron chi connectivity index (χ4n) is 1.30. The maximum absolute atomic E-state index is 12.9. The van der Waals surface area contributed by atoms with Gasteiger partial charge in [-0.2, -0.15) is 0 Å². The predicted molar refractivity (Wildman–Crippen MR) is 65.0 cm³/mol. The summed E-state index contributed by atoms with van der Waals surface area (Å²) in [6.45, 7) is 4.15. The predicted octanol–water partition coefficient (Wildman–Crippen LogP) is 3.95. The number of halogens is 3. The summed E-state index contributed by atoms with van der Waals surface area (Å²) in [7, 11) is 0. The van der Waals surface area contributed by atoms with Crippen molar-refractivity contribution in [3.63, 3.8) is 0 Å². The Labute approximate surface area is 101 Å². The molecule has 1 aromatic carbocycles. The molecule has 0 saturated heterocycles. The van der Waals surface area contributed by atoms with Crippen molar-refractivity contribution in [2.45, 2.75) is 26.3 Å². The Morgan fingerprint density at radius 3 is 2.53 bits per heavy atom. The van der Waals surface area contributed by atoms with Crippen molar-refractivity contribution in [2.24, 2.45) is 11.7 Å². The second-order valence-corrected chi connectivity index (χ2v) is 3.99. The maximum atomic E-state index is 12.9. The third-order valence-corrected chi connectivity index (χ3v) is 2.88. The van der Waals surface area contributed by atoms with Crippen molar-refractivity contribution in [3.05, 3.63) is 34.6 Å². The van der Waals surface area contributed by atoms with E-state index in [4.69, 9.17) is 17.3 Å². The Balaban J connectivity index is 0.00000196. The fourth-order valence-corrected chi connectivity index (χ4v) is 1.49. The topological polar surface area (TPSA) is 26.0 Å². The summed E-state index contributed by atoms with van der Waals surface area (Å²) in [5.41, 5.74) is 6.88. The molecule has 1 unspecified atom stereocenters. The molecule has 2 atom stereocenters. The summed E-state index contributed by atoms with van der Waals surface area (Å²) in [6.07, 6.45) is 0.996. The highest BCUT2D eigenvalue weighted by atomic mass is 35.5. The van der Waals surface area contributed by atoms with Crippen LogP contribution in [0.3, 0.4) is 0 Å². The molecule has 4 heteroatoms. The molecule has 0 aliphatic rings. The van der Waals surface area contributed by atoms with E-state index >= 15 is 0 Å². The van der Waals surface area contributed by atoms with E-state index in [2.05, 4.69) is 13.8 Å². The van der Waals surface area contributed by atoms with Gasteiger partial charge in [-0.1, -0.05) is 37.9 Å². The number of hydrogen-bond acceptors (Lipinski definition) is 1. The van der Waals surface area contributed by atoms with Crippen molar-refractivity contribution in [1.82, 2.24) is 0 Å². The highest BCUT2D eigenvalue weighted by Gasteiger charge is 2.14. The summed E-state index contributed by atoms with van der Waals surface area (Å²) in [5, 5.41) is 0.140. The second-order valence-electron chi connectivity index (χ2n) is 3.58. The molecule has 1 aromatic rings. The summed E-state index contributed by atoms with van der Waals surface area (Å²) in [5.74, 6) is -0.0247. The maximum Gasteiger partial charge on any atom is 0.141 e. The Kier molecular flexibility index (Phi) is 6.18. The smallest absolute Gasteiger partial charge is 0.141 e. The Morgan fingerprint density at radius 2 is 2.07 bits per heavy atom. The molecule has 1 rings (SSSR count). The van der Waals surface area contributed by atoms with E-state index in [-0.39, 0.29) is 23.5 Å². The minimum atomic E-state index is -0.397. The van der Waals surface area contributed by atoms with Crippen LogP contribution in [0.15, 0.2) is 18.2 Å². The van der Waals surface area contributed by atoms with Gasteiger partial charge in [-0.15, -0.1) is 12.4 Å².